The molecule has 1 heterocycles. The van der Waals surface area contributed by atoms with E-state index < -0.39 is 0 Å². The number of carbonyl (C=O) groups excluding carboxylic acids is 2. The molecule has 6 heteroatoms. The van der Waals surface area contributed by atoms with Gasteiger partial charge >= 0.3 is 0 Å². The number of hydrogen-bond acceptors (Lipinski definition) is 4. The van der Waals surface area contributed by atoms with Gasteiger partial charge in [-0.05, 0) is 50.3 Å². The molecule has 1 aliphatic carbocycles. The van der Waals surface area contributed by atoms with Crippen molar-refractivity contribution in [2.45, 2.75) is 38.2 Å². The number of carbonyl (C=O) groups is 2. The van der Waals surface area contributed by atoms with E-state index in [-0.39, 0.29) is 23.8 Å². The number of rotatable bonds is 9. The Balaban J connectivity index is 1.33. The molecule has 1 atom stereocenters. The predicted molar refractivity (Wildman–Crippen MR) is 94.5 cm³/mol. The third-order valence-electron chi connectivity index (χ3n) is 4.42. The van der Waals surface area contributed by atoms with E-state index in [9.17, 15) is 9.59 Å². The summed E-state index contributed by atoms with van der Waals surface area (Å²) in [5.41, 5.74) is 1.22. The zero-order valence-corrected chi connectivity index (χ0v) is 14.5. The van der Waals surface area contributed by atoms with Gasteiger partial charge in [-0.3, -0.25) is 9.59 Å². The third kappa shape index (κ3) is 5.83. The van der Waals surface area contributed by atoms with E-state index in [1.807, 2.05) is 0 Å². The summed E-state index contributed by atoms with van der Waals surface area (Å²) in [7, 11) is 0. The topological polar surface area (TPSA) is 76.7 Å². The SMILES string of the molecule is O=C(NCCCOCC1CCCO1)c1cccc(NC(=O)C2CC2)c1. The Kier molecular flexibility index (Phi) is 6.42. The van der Waals surface area contributed by atoms with Gasteiger partial charge in [-0.15, -0.1) is 0 Å². The van der Waals surface area contributed by atoms with Crippen LogP contribution in [0.3, 0.4) is 0 Å². The van der Waals surface area contributed by atoms with Gasteiger partial charge in [0.05, 0.1) is 12.7 Å². The van der Waals surface area contributed by atoms with Gasteiger partial charge < -0.3 is 20.1 Å². The first-order chi connectivity index (χ1) is 12.2. The molecule has 1 saturated carbocycles. The van der Waals surface area contributed by atoms with Gasteiger partial charge in [0, 0.05) is 36.9 Å². The maximum absolute atomic E-state index is 12.2. The van der Waals surface area contributed by atoms with E-state index in [4.69, 9.17) is 9.47 Å². The first kappa shape index (κ1) is 17.9. The highest BCUT2D eigenvalue weighted by atomic mass is 16.5. The number of hydrogen-bond donors (Lipinski definition) is 2. The molecule has 1 saturated heterocycles. The summed E-state index contributed by atoms with van der Waals surface area (Å²) in [5, 5.41) is 5.74. The van der Waals surface area contributed by atoms with Gasteiger partial charge in [0.2, 0.25) is 5.91 Å². The summed E-state index contributed by atoms with van der Waals surface area (Å²) >= 11 is 0. The van der Waals surface area contributed by atoms with Crippen molar-refractivity contribution in [3.63, 3.8) is 0 Å². The van der Waals surface area contributed by atoms with Crippen LogP contribution in [0.15, 0.2) is 24.3 Å². The molecule has 136 valence electrons. The smallest absolute Gasteiger partial charge is 0.251 e. The van der Waals surface area contributed by atoms with E-state index in [0.717, 1.165) is 38.7 Å². The Morgan fingerprint density at radius 1 is 1.24 bits per heavy atom. The summed E-state index contributed by atoms with van der Waals surface area (Å²) in [6, 6.07) is 7.04. The summed E-state index contributed by atoms with van der Waals surface area (Å²) < 4.78 is 11.1. The van der Waals surface area contributed by atoms with Crippen molar-refractivity contribution in [3.8, 4) is 0 Å². The minimum atomic E-state index is -0.137. The second-order valence-electron chi connectivity index (χ2n) is 6.66. The Morgan fingerprint density at radius 2 is 2.12 bits per heavy atom. The minimum Gasteiger partial charge on any atom is -0.379 e. The first-order valence-corrected chi connectivity index (χ1v) is 9.11. The highest BCUT2D eigenvalue weighted by Crippen LogP contribution is 2.30. The fraction of sp³-hybridized carbons (Fsp3) is 0.579. The Labute approximate surface area is 148 Å². The van der Waals surface area contributed by atoms with Gasteiger partial charge in [0.15, 0.2) is 0 Å². The van der Waals surface area contributed by atoms with Crippen molar-refractivity contribution in [2.75, 3.05) is 31.7 Å². The fourth-order valence-electron chi connectivity index (χ4n) is 2.80. The molecule has 2 aliphatic rings. The van der Waals surface area contributed by atoms with E-state index in [0.29, 0.717) is 31.0 Å². The lowest BCUT2D eigenvalue weighted by molar-refractivity contribution is -0.117. The lowest BCUT2D eigenvalue weighted by atomic mass is 10.2. The van der Waals surface area contributed by atoms with Crippen LogP contribution in [-0.2, 0) is 14.3 Å². The molecule has 1 aromatic rings. The fourth-order valence-corrected chi connectivity index (χ4v) is 2.80. The molecular weight excluding hydrogens is 320 g/mol. The standard InChI is InChI=1S/C19H26N2O4/c22-18(20-9-3-10-24-13-17-6-2-11-25-17)15-4-1-5-16(12-15)21-19(23)14-7-8-14/h1,4-5,12,14,17H,2-3,6-11,13H2,(H,20,22)(H,21,23). The van der Waals surface area contributed by atoms with Crippen LogP contribution in [0, 0.1) is 5.92 Å². The van der Waals surface area contributed by atoms with Crippen LogP contribution in [0.4, 0.5) is 5.69 Å². The molecule has 0 radical (unpaired) electrons. The Hall–Kier alpha value is -1.92. The minimum absolute atomic E-state index is 0.0425. The highest BCUT2D eigenvalue weighted by Gasteiger charge is 2.29. The highest BCUT2D eigenvalue weighted by molar-refractivity contribution is 5.98. The molecule has 6 nitrogen and oxygen atoms in total. The van der Waals surface area contributed by atoms with Crippen LogP contribution >= 0.6 is 0 Å². The van der Waals surface area contributed by atoms with Crippen LogP contribution in [-0.4, -0.2) is 44.3 Å². The maximum Gasteiger partial charge on any atom is 0.251 e. The van der Waals surface area contributed by atoms with Crippen molar-refractivity contribution >= 4 is 17.5 Å². The molecule has 2 amide bonds. The van der Waals surface area contributed by atoms with Crippen molar-refractivity contribution in [3.05, 3.63) is 29.8 Å². The molecule has 25 heavy (non-hydrogen) atoms. The first-order valence-electron chi connectivity index (χ1n) is 9.11. The van der Waals surface area contributed by atoms with Gasteiger partial charge in [-0.2, -0.15) is 0 Å². The summed E-state index contributed by atoms with van der Waals surface area (Å²) in [6.45, 7) is 2.64. The summed E-state index contributed by atoms with van der Waals surface area (Å²) in [6.07, 6.45) is 5.11. The molecule has 0 bridgehead atoms. The van der Waals surface area contributed by atoms with Crippen molar-refractivity contribution in [1.29, 1.82) is 0 Å². The van der Waals surface area contributed by atoms with E-state index in [1.165, 1.54) is 0 Å². The van der Waals surface area contributed by atoms with Crippen LogP contribution in [0.1, 0.15) is 42.5 Å². The van der Waals surface area contributed by atoms with Crippen LogP contribution < -0.4 is 10.6 Å². The maximum atomic E-state index is 12.2. The second-order valence-corrected chi connectivity index (χ2v) is 6.66. The van der Waals surface area contributed by atoms with Crippen molar-refractivity contribution in [2.24, 2.45) is 5.92 Å². The Bertz CT molecular complexity index is 595. The van der Waals surface area contributed by atoms with Crippen LogP contribution in [0.5, 0.6) is 0 Å². The molecule has 0 spiro atoms. The largest absolute Gasteiger partial charge is 0.379 e. The van der Waals surface area contributed by atoms with E-state index in [1.54, 1.807) is 24.3 Å². The van der Waals surface area contributed by atoms with Gasteiger partial charge in [0.25, 0.3) is 5.91 Å². The average molecular weight is 346 g/mol. The van der Waals surface area contributed by atoms with E-state index in [2.05, 4.69) is 10.6 Å². The molecule has 1 aliphatic heterocycles. The number of anilines is 1. The molecule has 2 N–H and O–H groups in total. The van der Waals surface area contributed by atoms with Crippen molar-refractivity contribution in [1.82, 2.24) is 5.32 Å². The average Bonchev–Trinajstić information content (AvgIpc) is 3.35. The number of amides is 2. The summed E-state index contributed by atoms with van der Waals surface area (Å²) in [5.74, 6) is 0.0507. The number of ether oxygens (including phenoxy) is 2. The summed E-state index contributed by atoms with van der Waals surface area (Å²) in [4.78, 5) is 24.0. The van der Waals surface area contributed by atoms with Gasteiger partial charge in [0.1, 0.15) is 0 Å². The Morgan fingerprint density at radius 3 is 2.88 bits per heavy atom. The molecule has 1 unspecified atom stereocenters. The third-order valence-corrected chi connectivity index (χ3v) is 4.42. The quantitative estimate of drug-likeness (QED) is 0.673. The zero-order valence-electron chi connectivity index (χ0n) is 14.5. The normalized spacial score (nSPS) is 19.6. The number of benzene rings is 1. The van der Waals surface area contributed by atoms with Gasteiger partial charge in [-0.1, -0.05) is 6.07 Å². The molecule has 3 rings (SSSR count). The molecule has 1 aromatic carbocycles. The zero-order chi connectivity index (χ0) is 17.5. The van der Waals surface area contributed by atoms with E-state index >= 15 is 0 Å². The lowest BCUT2D eigenvalue weighted by Gasteiger charge is -2.10. The molecule has 0 aromatic heterocycles. The monoisotopic (exact) mass is 346 g/mol. The molecular formula is C19H26N2O4. The lowest BCUT2D eigenvalue weighted by Crippen LogP contribution is -2.26. The molecule has 2 fully saturated rings. The number of nitrogens with one attached hydrogen (secondary N) is 2. The van der Waals surface area contributed by atoms with Crippen LogP contribution in [0.2, 0.25) is 0 Å². The van der Waals surface area contributed by atoms with Crippen molar-refractivity contribution < 1.29 is 19.1 Å². The van der Waals surface area contributed by atoms with Gasteiger partial charge in [-0.25, -0.2) is 0 Å². The second kappa shape index (κ2) is 8.97. The van der Waals surface area contributed by atoms with Crippen LogP contribution in [0.25, 0.3) is 0 Å². The predicted octanol–water partition coefficient (Wildman–Crippen LogP) is 2.35.